The first-order chi connectivity index (χ1) is 15.2. The SMILES string of the molecule is O=C(NC1CCOc2cc(-c3ccc4c(c3)COC4)ccc21)O[C@H]1CN2CCC1CC2. The minimum atomic E-state index is -0.306. The fraction of sp³-hybridized carbons (Fsp3) is 0.480. The molecule has 162 valence electrons. The number of piperidine rings is 3. The van der Waals surface area contributed by atoms with E-state index in [1.54, 1.807) is 0 Å². The third-order valence-electron chi connectivity index (χ3n) is 7.25. The van der Waals surface area contributed by atoms with Gasteiger partial charge in [0, 0.05) is 18.5 Å². The summed E-state index contributed by atoms with van der Waals surface area (Å²) < 4.78 is 17.3. The Hall–Kier alpha value is -2.57. The van der Waals surface area contributed by atoms with Crippen molar-refractivity contribution < 1.29 is 19.0 Å². The summed E-state index contributed by atoms with van der Waals surface area (Å²) in [5, 5.41) is 3.10. The second-order valence-electron chi connectivity index (χ2n) is 9.14. The van der Waals surface area contributed by atoms with Crippen molar-refractivity contribution in [2.45, 2.75) is 44.6 Å². The molecule has 5 heterocycles. The van der Waals surface area contributed by atoms with E-state index in [1.165, 1.54) is 11.1 Å². The maximum absolute atomic E-state index is 12.7. The fourth-order valence-corrected chi connectivity index (χ4v) is 5.43. The smallest absolute Gasteiger partial charge is 0.407 e. The first kappa shape index (κ1) is 19.1. The fourth-order valence-electron chi connectivity index (χ4n) is 5.43. The predicted molar refractivity (Wildman–Crippen MR) is 116 cm³/mol. The second kappa shape index (κ2) is 7.84. The van der Waals surface area contributed by atoms with Crippen molar-refractivity contribution in [2.24, 2.45) is 5.92 Å². The molecule has 1 unspecified atom stereocenters. The number of amides is 1. The number of benzene rings is 2. The average Bonchev–Trinajstić information content (AvgIpc) is 3.28. The highest BCUT2D eigenvalue weighted by Gasteiger charge is 2.37. The van der Waals surface area contributed by atoms with Crippen LogP contribution in [0.3, 0.4) is 0 Å². The first-order valence-corrected chi connectivity index (χ1v) is 11.4. The van der Waals surface area contributed by atoms with E-state index in [9.17, 15) is 4.79 Å². The van der Waals surface area contributed by atoms with E-state index < -0.39 is 0 Å². The number of alkyl carbamates (subject to hydrolysis) is 1. The van der Waals surface area contributed by atoms with Crippen LogP contribution in [0.4, 0.5) is 4.79 Å². The summed E-state index contributed by atoms with van der Waals surface area (Å²) in [6, 6.07) is 12.7. The largest absolute Gasteiger partial charge is 0.493 e. The molecule has 2 atom stereocenters. The lowest BCUT2D eigenvalue weighted by molar-refractivity contribution is -0.0342. The minimum absolute atomic E-state index is 0.0213. The molecule has 5 aliphatic heterocycles. The van der Waals surface area contributed by atoms with Gasteiger partial charge in [-0.3, -0.25) is 4.90 Å². The van der Waals surface area contributed by atoms with Crippen molar-refractivity contribution >= 4 is 6.09 Å². The van der Waals surface area contributed by atoms with Crippen LogP contribution in [0.1, 0.15) is 42.0 Å². The highest BCUT2D eigenvalue weighted by Crippen LogP contribution is 2.37. The van der Waals surface area contributed by atoms with Crippen molar-refractivity contribution in [3.63, 3.8) is 0 Å². The van der Waals surface area contributed by atoms with E-state index in [-0.39, 0.29) is 18.2 Å². The summed E-state index contributed by atoms with van der Waals surface area (Å²) >= 11 is 0. The number of nitrogens with one attached hydrogen (secondary N) is 1. The summed E-state index contributed by atoms with van der Waals surface area (Å²) in [6.07, 6.45) is 2.73. The number of carbonyl (C=O) groups is 1. The van der Waals surface area contributed by atoms with Gasteiger partial charge in [0.15, 0.2) is 0 Å². The molecule has 6 nitrogen and oxygen atoms in total. The van der Waals surface area contributed by atoms with Crippen LogP contribution in [-0.4, -0.2) is 43.3 Å². The molecule has 1 N–H and O–H groups in total. The Morgan fingerprint density at radius 2 is 1.81 bits per heavy atom. The monoisotopic (exact) mass is 420 g/mol. The molecule has 0 saturated carbocycles. The molecule has 2 aromatic carbocycles. The lowest BCUT2D eigenvalue weighted by Gasteiger charge is -2.44. The summed E-state index contributed by atoms with van der Waals surface area (Å²) in [6.45, 7) is 5.11. The van der Waals surface area contributed by atoms with Gasteiger partial charge < -0.3 is 19.5 Å². The van der Waals surface area contributed by atoms with Crippen LogP contribution in [-0.2, 0) is 22.7 Å². The van der Waals surface area contributed by atoms with Gasteiger partial charge in [-0.25, -0.2) is 4.79 Å². The summed E-state index contributed by atoms with van der Waals surface area (Å²) in [7, 11) is 0. The number of hydrogen-bond donors (Lipinski definition) is 1. The van der Waals surface area contributed by atoms with E-state index >= 15 is 0 Å². The van der Waals surface area contributed by atoms with Crippen molar-refractivity contribution in [1.82, 2.24) is 10.2 Å². The maximum atomic E-state index is 12.7. The zero-order valence-corrected chi connectivity index (χ0v) is 17.6. The van der Waals surface area contributed by atoms with E-state index in [2.05, 4.69) is 46.6 Å². The van der Waals surface area contributed by atoms with E-state index in [0.717, 1.165) is 61.3 Å². The highest BCUT2D eigenvalue weighted by atomic mass is 16.6. The summed E-state index contributed by atoms with van der Waals surface area (Å²) in [5.41, 5.74) is 5.82. The summed E-state index contributed by atoms with van der Waals surface area (Å²) in [4.78, 5) is 15.1. The Morgan fingerprint density at radius 3 is 2.65 bits per heavy atom. The van der Waals surface area contributed by atoms with Gasteiger partial charge in [0.1, 0.15) is 11.9 Å². The number of fused-ring (bicyclic) bond motifs is 5. The first-order valence-electron chi connectivity index (χ1n) is 11.4. The Morgan fingerprint density at radius 1 is 1.00 bits per heavy atom. The maximum Gasteiger partial charge on any atom is 0.407 e. The molecule has 3 fully saturated rings. The van der Waals surface area contributed by atoms with Crippen LogP contribution < -0.4 is 10.1 Å². The average molecular weight is 421 g/mol. The quantitative estimate of drug-likeness (QED) is 0.813. The van der Waals surface area contributed by atoms with E-state index in [4.69, 9.17) is 14.2 Å². The molecule has 2 bridgehead atoms. The normalized spacial score (nSPS) is 28.4. The van der Waals surface area contributed by atoms with E-state index in [0.29, 0.717) is 25.7 Å². The molecule has 31 heavy (non-hydrogen) atoms. The molecule has 0 aromatic heterocycles. The molecule has 0 aliphatic carbocycles. The number of carbonyl (C=O) groups excluding carboxylic acids is 1. The Balaban J connectivity index is 1.16. The van der Waals surface area contributed by atoms with Gasteiger partial charge in [0.05, 0.1) is 25.9 Å². The predicted octanol–water partition coefficient (Wildman–Crippen LogP) is 4.03. The van der Waals surface area contributed by atoms with Crippen molar-refractivity contribution in [3.8, 4) is 16.9 Å². The number of hydrogen-bond acceptors (Lipinski definition) is 5. The van der Waals surface area contributed by atoms with Crippen LogP contribution in [0.15, 0.2) is 36.4 Å². The lowest BCUT2D eigenvalue weighted by Crippen LogP contribution is -2.52. The zero-order valence-electron chi connectivity index (χ0n) is 17.6. The van der Waals surface area contributed by atoms with Crippen LogP contribution >= 0.6 is 0 Å². The molecule has 0 spiro atoms. The van der Waals surface area contributed by atoms with Crippen molar-refractivity contribution in [3.05, 3.63) is 53.1 Å². The number of nitrogens with zero attached hydrogens (tertiary/aromatic N) is 1. The molecule has 6 heteroatoms. The standard InChI is InChI=1S/C25H28N2O4/c28-25(31-24-13-27-8-5-16(24)6-9-27)26-22-7-10-30-23-12-18(3-4-21(22)23)17-1-2-19-14-29-15-20(19)11-17/h1-4,11-12,16,22,24H,5-10,13-15H2,(H,26,28)/t22?,24-/m0/s1. The Labute approximate surface area is 182 Å². The summed E-state index contributed by atoms with van der Waals surface area (Å²) in [5.74, 6) is 1.35. The topological polar surface area (TPSA) is 60.0 Å². The Bertz CT molecular complexity index is 999. The molecule has 3 saturated heterocycles. The highest BCUT2D eigenvalue weighted by molar-refractivity contribution is 5.70. The Kier molecular flexibility index (Phi) is 4.84. The second-order valence-corrected chi connectivity index (χ2v) is 9.14. The van der Waals surface area contributed by atoms with Crippen LogP contribution in [0.5, 0.6) is 5.75 Å². The van der Waals surface area contributed by atoms with Gasteiger partial charge in [0.2, 0.25) is 0 Å². The van der Waals surface area contributed by atoms with E-state index in [1.807, 2.05) is 0 Å². The van der Waals surface area contributed by atoms with Gasteiger partial charge in [-0.1, -0.05) is 24.3 Å². The molecule has 2 aromatic rings. The minimum Gasteiger partial charge on any atom is -0.493 e. The van der Waals surface area contributed by atoms with Crippen LogP contribution in [0.25, 0.3) is 11.1 Å². The molecular weight excluding hydrogens is 392 g/mol. The zero-order chi connectivity index (χ0) is 20.8. The number of ether oxygens (including phenoxy) is 3. The van der Waals surface area contributed by atoms with Crippen LogP contribution in [0, 0.1) is 5.92 Å². The van der Waals surface area contributed by atoms with Crippen molar-refractivity contribution in [1.29, 1.82) is 0 Å². The van der Waals surface area contributed by atoms with Crippen molar-refractivity contribution in [2.75, 3.05) is 26.2 Å². The van der Waals surface area contributed by atoms with Gasteiger partial charge in [0.25, 0.3) is 0 Å². The van der Waals surface area contributed by atoms with Gasteiger partial charge in [-0.15, -0.1) is 0 Å². The van der Waals surface area contributed by atoms with Gasteiger partial charge in [-0.2, -0.15) is 0 Å². The molecule has 0 radical (unpaired) electrons. The molecule has 7 rings (SSSR count). The third-order valence-corrected chi connectivity index (χ3v) is 7.25. The number of rotatable bonds is 3. The molecular formula is C25H28N2O4. The van der Waals surface area contributed by atoms with Gasteiger partial charge in [-0.05, 0) is 66.2 Å². The molecule has 1 amide bonds. The lowest BCUT2D eigenvalue weighted by atomic mass is 9.86. The third kappa shape index (κ3) is 3.68. The molecule has 5 aliphatic rings. The van der Waals surface area contributed by atoms with Crippen LogP contribution in [0.2, 0.25) is 0 Å². The van der Waals surface area contributed by atoms with Gasteiger partial charge >= 0.3 is 6.09 Å².